The molecular formula is C22H21BrO3. The number of carbonyl (C=O) groups is 1. The summed E-state index contributed by atoms with van der Waals surface area (Å²) < 4.78 is 11.8. The molecular weight excluding hydrogens is 392 g/mol. The van der Waals surface area contributed by atoms with Gasteiger partial charge in [0.2, 0.25) is 0 Å². The second-order valence-corrected chi connectivity index (χ2v) is 7.03. The van der Waals surface area contributed by atoms with Crippen LogP contribution in [0, 0.1) is 0 Å². The quantitative estimate of drug-likeness (QED) is 0.362. The first-order chi connectivity index (χ1) is 12.6. The lowest BCUT2D eigenvalue weighted by Gasteiger charge is -2.11. The van der Waals surface area contributed by atoms with E-state index >= 15 is 0 Å². The number of halogens is 1. The van der Waals surface area contributed by atoms with Gasteiger partial charge in [-0.1, -0.05) is 56.3 Å². The maximum absolute atomic E-state index is 12.1. The highest BCUT2D eigenvalue weighted by molar-refractivity contribution is 9.10. The first-order valence-electron chi connectivity index (χ1n) is 8.69. The fourth-order valence-electron chi connectivity index (χ4n) is 2.72. The van der Waals surface area contributed by atoms with Crippen LogP contribution in [0.2, 0.25) is 0 Å². The van der Waals surface area contributed by atoms with E-state index in [1.54, 1.807) is 0 Å². The summed E-state index contributed by atoms with van der Waals surface area (Å²) >= 11 is 3.55. The van der Waals surface area contributed by atoms with Crippen molar-refractivity contribution in [3.05, 3.63) is 70.7 Å². The molecule has 3 aromatic carbocycles. The molecule has 0 aliphatic carbocycles. The van der Waals surface area contributed by atoms with E-state index in [2.05, 4.69) is 29.8 Å². The molecule has 0 fully saturated rings. The van der Waals surface area contributed by atoms with Gasteiger partial charge in [0, 0.05) is 0 Å². The summed E-state index contributed by atoms with van der Waals surface area (Å²) in [5, 5.41) is 2.15. The molecule has 0 amide bonds. The largest absolute Gasteiger partial charge is 0.481 e. The Morgan fingerprint density at radius 2 is 1.77 bits per heavy atom. The van der Waals surface area contributed by atoms with Crippen LogP contribution in [0.15, 0.2) is 65.1 Å². The average molecular weight is 413 g/mol. The average Bonchev–Trinajstić information content (AvgIpc) is 2.67. The Labute approximate surface area is 162 Å². The lowest BCUT2D eigenvalue weighted by Crippen LogP contribution is -2.17. The molecule has 0 heterocycles. The van der Waals surface area contributed by atoms with Crippen molar-refractivity contribution in [3.8, 4) is 11.5 Å². The van der Waals surface area contributed by atoms with Crippen LogP contribution in [0.5, 0.6) is 11.5 Å². The zero-order valence-electron chi connectivity index (χ0n) is 14.9. The van der Waals surface area contributed by atoms with Gasteiger partial charge in [0.05, 0.1) is 4.47 Å². The van der Waals surface area contributed by atoms with Gasteiger partial charge in [-0.15, -0.1) is 0 Å². The molecule has 0 aromatic heterocycles. The van der Waals surface area contributed by atoms with Gasteiger partial charge in [0.25, 0.3) is 0 Å². The third-order valence-corrected chi connectivity index (χ3v) is 5.28. The van der Waals surface area contributed by atoms with Crippen LogP contribution < -0.4 is 9.47 Å². The molecule has 0 spiro atoms. The summed E-state index contributed by atoms with van der Waals surface area (Å²) in [5.41, 5.74) is 1.24. The van der Waals surface area contributed by atoms with Gasteiger partial charge < -0.3 is 9.47 Å². The second-order valence-electron chi connectivity index (χ2n) is 6.24. The molecule has 0 saturated carbocycles. The van der Waals surface area contributed by atoms with Crippen molar-refractivity contribution >= 4 is 32.7 Å². The summed E-state index contributed by atoms with van der Waals surface area (Å²) in [5.74, 6) is 1.21. The molecule has 0 radical (unpaired) electrons. The third kappa shape index (κ3) is 4.25. The maximum Gasteiger partial charge on any atom is 0.349 e. The molecule has 0 saturated heterocycles. The number of rotatable bonds is 6. The van der Waals surface area contributed by atoms with Crippen LogP contribution in [0.4, 0.5) is 0 Å². The standard InChI is InChI=1S/C22H21BrO3/c1-3-15(2)16-8-11-18(12-9-16)26-21(24)14-25-20-13-10-17-6-4-5-7-19(17)22(20)23/h4-13,15H,3,14H2,1-2H3. The number of fused-ring (bicyclic) bond motifs is 1. The molecule has 1 unspecified atom stereocenters. The number of carbonyl (C=O) groups excluding carboxylic acids is 1. The summed E-state index contributed by atoms with van der Waals surface area (Å²) in [6, 6.07) is 19.4. The summed E-state index contributed by atoms with van der Waals surface area (Å²) in [7, 11) is 0. The zero-order valence-corrected chi connectivity index (χ0v) is 16.5. The molecule has 26 heavy (non-hydrogen) atoms. The van der Waals surface area contributed by atoms with Crippen LogP contribution in [0.25, 0.3) is 10.8 Å². The number of esters is 1. The first kappa shape index (κ1) is 18.5. The lowest BCUT2D eigenvalue weighted by molar-refractivity contribution is -0.136. The Balaban J connectivity index is 1.61. The van der Waals surface area contributed by atoms with Gasteiger partial charge in [-0.3, -0.25) is 0 Å². The molecule has 0 aliphatic rings. The van der Waals surface area contributed by atoms with Crippen LogP contribution in [0.1, 0.15) is 31.7 Å². The van der Waals surface area contributed by atoms with Gasteiger partial charge >= 0.3 is 5.97 Å². The van der Waals surface area contributed by atoms with Crippen molar-refractivity contribution in [1.29, 1.82) is 0 Å². The molecule has 0 bridgehead atoms. The number of ether oxygens (including phenoxy) is 2. The Hall–Kier alpha value is -2.33. The van der Waals surface area contributed by atoms with Crippen LogP contribution in [-0.4, -0.2) is 12.6 Å². The van der Waals surface area contributed by atoms with E-state index in [0.29, 0.717) is 17.4 Å². The monoisotopic (exact) mass is 412 g/mol. The summed E-state index contributed by atoms with van der Waals surface area (Å²) in [6.45, 7) is 4.18. The molecule has 3 nitrogen and oxygen atoms in total. The summed E-state index contributed by atoms with van der Waals surface area (Å²) in [6.07, 6.45) is 1.08. The van der Waals surface area contributed by atoms with Gasteiger partial charge in [0.1, 0.15) is 11.5 Å². The van der Waals surface area contributed by atoms with Crippen molar-refractivity contribution in [3.63, 3.8) is 0 Å². The van der Waals surface area contributed by atoms with E-state index in [4.69, 9.17) is 9.47 Å². The molecule has 3 aromatic rings. The van der Waals surface area contributed by atoms with Crippen molar-refractivity contribution in [2.24, 2.45) is 0 Å². The Kier molecular flexibility index (Phi) is 5.94. The fourth-order valence-corrected chi connectivity index (χ4v) is 3.33. The van der Waals surface area contributed by atoms with Gasteiger partial charge in [-0.25, -0.2) is 4.79 Å². The van der Waals surface area contributed by atoms with Crippen molar-refractivity contribution in [1.82, 2.24) is 0 Å². The summed E-state index contributed by atoms with van der Waals surface area (Å²) in [4.78, 5) is 12.1. The number of hydrogen-bond acceptors (Lipinski definition) is 3. The van der Waals surface area contributed by atoms with E-state index in [-0.39, 0.29) is 6.61 Å². The maximum atomic E-state index is 12.1. The van der Waals surface area contributed by atoms with Crippen molar-refractivity contribution in [2.75, 3.05) is 6.61 Å². The van der Waals surface area contributed by atoms with Gasteiger partial charge in [-0.2, -0.15) is 0 Å². The molecule has 0 N–H and O–H groups in total. The highest BCUT2D eigenvalue weighted by Gasteiger charge is 2.11. The predicted molar refractivity (Wildman–Crippen MR) is 108 cm³/mol. The third-order valence-electron chi connectivity index (χ3n) is 4.47. The van der Waals surface area contributed by atoms with Crippen molar-refractivity contribution in [2.45, 2.75) is 26.2 Å². The molecule has 0 aliphatic heterocycles. The topological polar surface area (TPSA) is 35.5 Å². The minimum atomic E-state index is -0.429. The fraction of sp³-hybridized carbons (Fsp3) is 0.227. The minimum Gasteiger partial charge on any atom is -0.481 e. The second kappa shape index (κ2) is 8.37. The number of benzene rings is 3. The highest BCUT2D eigenvalue weighted by atomic mass is 79.9. The van der Waals surface area contributed by atoms with Crippen molar-refractivity contribution < 1.29 is 14.3 Å². The van der Waals surface area contributed by atoms with Crippen LogP contribution in [-0.2, 0) is 4.79 Å². The van der Waals surface area contributed by atoms with E-state index in [1.165, 1.54) is 5.56 Å². The smallest absolute Gasteiger partial charge is 0.349 e. The SMILES string of the molecule is CCC(C)c1ccc(OC(=O)COc2ccc3ccccc3c2Br)cc1. The van der Waals surface area contributed by atoms with Gasteiger partial charge in [0.15, 0.2) is 6.61 Å². The molecule has 3 rings (SSSR count). The van der Waals surface area contributed by atoms with E-state index in [1.807, 2.05) is 60.7 Å². The first-order valence-corrected chi connectivity index (χ1v) is 9.48. The van der Waals surface area contributed by atoms with E-state index < -0.39 is 5.97 Å². The Morgan fingerprint density at radius 3 is 2.50 bits per heavy atom. The number of hydrogen-bond donors (Lipinski definition) is 0. The lowest BCUT2D eigenvalue weighted by atomic mass is 9.99. The molecule has 1 atom stereocenters. The van der Waals surface area contributed by atoms with Crippen LogP contribution >= 0.6 is 15.9 Å². The van der Waals surface area contributed by atoms with Crippen LogP contribution in [0.3, 0.4) is 0 Å². The highest BCUT2D eigenvalue weighted by Crippen LogP contribution is 2.33. The Bertz CT molecular complexity index is 903. The van der Waals surface area contributed by atoms with E-state index in [0.717, 1.165) is 21.7 Å². The minimum absolute atomic E-state index is 0.149. The van der Waals surface area contributed by atoms with E-state index in [9.17, 15) is 4.79 Å². The predicted octanol–water partition coefficient (Wildman–Crippen LogP) is 6.10. The molecule has 4 heteroatoms. The normalized spacial score (nSPS) is 12.0. The zero-order chi connectivity index (χ0) is 18.5. The molecule has 134 valence electrons. The Morgan fingerprint density at radius 1 is 1.04 bits per heavy atom. The van der Waals surface area contributed by atoms with Gasteiger partial charge in [-0.05, 0) is 62.8 Å².